The second-order valence-electron chi connectivity index (χ2n) is 4.59. The largest absolute Gasteiger partial charge is 0.232 e. The molecule has 0 heterocycles. The van der Waals surface area contributed by atoms with Gasteiger partial charge in [0, 0.05) is 10.7 Å². The van der Waals surface area contributed by atoms with Gasteiger partial charge in [-0.2, -0.15) is 0 Å². The van der Waals surface area contributed by atoms with E-state index in [1.54, 1.807) is 0 Å². The van der Waals surface area contributed by atoms with Crippen LogP contribution < -0.4 is 0 Å². The van der Waals surface area contributed by atoms with E-state index in [1.165, 1.54) is 16.7 Å². The van der Waals surface area contributed by atoms with Gasteiger partial charge in [-0.3, -0.25) is 0 Å². The number of hydrogen-bond acceptors (Lipinski definition) is 2. The van der Waals surface area contributed by atoms with Gasteiger partial charge in [-0.1, -0.05) is 23.8 Å². The van der Waals surface area contributed by atoms with E-state index in [2.05, 4.69) is 25.1 Å². The molecule has 4 heteroatoms. The maximum atomic E-state index is 11.0. The van der Waals surface area contributed by atoms with Gasteiger partial charge in [0.25, 0.3) is 0 Å². The smallest absolute Gasteiger partial charge is 0.212 e. The zero-order valence-electron chi connectivity index (χ0n) is 9.24. The summed E-state index contributed by atoms with van der Waals surface area (Å²) < 4.78 is 22.1. The molecule has 0 bridgehead atoms. The summed E-state index contributed by atoms with van der Waals surface area (Å²) in [5, 5.41) is 0. The van der Waals surface area contributed by atoms with Crippen LogP contribution in [0.4, 0.5) is 0 Å². The van der Waals surface area contributed by atoms with Gasteiger partial charge in [0.05, 0.1) is 5.75 Å². The summed E-state index contributed by atoms with van der Waals surface area (Å²) in [6.45, 7) is 2.08. The highest BCUT2D eigenvalue weighted by Gasteiger charge is 2.22. The Hall–Kier alpha value is -0.540. The fraction of sp³-hybridized carbons (Fsp3) is 0.500. The first-order chi connectivity index (χ1) is 7.44. The first kappa shape index (κ1) is 11.9. The summed E-state index contributed by atoms with van der Waals surface area (Å²) in [5.74, 6) is 0.278. The Morgan fingerprint density at radius 1 is 1.38 bits per heavy atom. The Morgan fingerprint density at radius 2 is 2.12 bits per heavy atom. The molecule has 16 heavy (non-hydrogen) atoms. The minimum Gasteiger partial charge on any atom is -0.212 e. The lowest BCUT2D eigenvalue weighted by molar-refractivity contribution is 0.495. The molecule has 0 spiro atoms. The lowest BCUT2D eigenvalue weighted by atomic mass is 9.84. The van der Waals surface area contributed by atoms with Crippen molar-refractivity contribution in [3.05, 3.63) is 34.9 Å². The molecule has 0 saturated carbocycles. The summed E-state index contributed by atoms with van der Waals surface area (Å²) >= 11 is 0. The van der Waals surface area contributed by atoms with E-state index in [0.717, 1.165) is 19.3 Å². The molecule has 0 amide bonds. The van der Waals surface area contributed by atoms with Crippen LogP contribution in [0.5, 0.6) is 0 Å². The molecule has 1 unspecified atom stereocenters. The first-order valence-corrected chi connectivity index (χ1v) is 7.92. The number of hydrogen-bond donors (Lipinski definition) is 0. The molecule has 0 aromatic heterocycles. The number of fused-ring (bicyclic) bond motifs is 1. The second kappa shape index (κ2) is 4.38. The normalized spacial score (nSPS) is 20.5. The van der Waals surface area contributed by atoms with Crippen molar-refractivity contribution >= 4 is 19.7 Å². The van der Waals surface area contributed by atoms with Crippen molar-refractivity contribution in [2.45, 2.75) is 26.2 Å². The molecule has 0 fully saturated rings. The summed E-state index contributed by atoms with van der Waals surface area (Å²) in [7, 11) is 1.93. The van der Waals surface area contributed by atoms with Crippen LogP contribution in [0.3, 0.4) is 0 Å². The summed E-state index contributed by atoms with van der Waals surface area (Å²) in [4.78, 5) is 0. The van der Waals surface area contributed by atoms with E-state index < -0.39 is 9.05 Å². The van der Waals surface area contributed by atoms with Crippen molar-refractivity contribution in [3.8, 4) is 0 Å². The quantitative estimate of drug-likeness (QED) is 0.765. The first-order valence-electron chi connectivity index (χ1n) is 5.45. The average Bonchev–Trinajstić information content (AvgIpc) is 2.16. The second-order valence-corrected chi connectivity index (χ2v) is 7.41. The van der Waals surface area contributed by atoms with Gasteiger partial charge in [-0.25, -0.2) is 8.42 Å². The monoisotopic (exact) mass is 258 g/mol. The fourth-order valence-electron chi connectivity index (χ4n) is 2.38. The number of aryl methyl sites for hydroxylation is 2. The lowest BCUT2D eigenvalue weighted by Crippen LogP contribution is -2.20. The van der Waals surface area contributed by atoms with E-state index in [-0.39, 0.29) is 11.7 Å². The third-order valence-corrected chi connectivity index (χ3v) is 4.37. The third-order valence-electron chi connectivity index (χ3n) is 3.13. The van der Waals surface area contributed by atoms with E-state index >= 15 is 0 Å². The minimum absolute atomic E-state index is 0.0991. The van der Waals surface area contributed by atoms with Crippen LogP contribution >= 0.6 is 10.7 Å². The molecule has 88 valence electrons. The SMILES string of the molecule is Cc1ccc2c(c1)CCC(CS(=O)(=O)Cl)C2. The van der Waals surface area contributed by atoms with Crippen LogP contribution in [0.2, 0.25) is 0 Å². The standard InChI is InChI=1S/C12H15ClO2S/c1-9-2-4-12-7-10(8-16(13,14)15)3-5-11(12)6-9/h2,4,6,10H,3,5,7-8H2,1H3. The molecular formula is C12H15ClO2S. The van der Waals surface area contributed by atoms with E-state index in [1.807, 2.05) is 0 Å². The van der Waals surface area contributed by atoms with Crippen molar-refractivity contribution in [2.24, 2.45) is 5.92 Å². The van der Waals surface area contributed by atoms with Crippen LogP contribution in [0.25, 0.3) is 0 Å². The van der Waals surface area contributed by atoms with Crippen molar-refractivity contribution < 1.29 is 8.42 Å². The summed E-state index contributed by atoms with van der Waals surface area (Å²) in [6, 6.07) is 6.38. The van der Waals surface area contributed by atoms with Gasteiger partial charge in [0.1, 0.15) is 0 Å². The Bertz CT molecular complexity index is 494. The van der Waals surface area contributed by atoms with Crippen molar-refractivity contribution in [1.82, 2.24) is 0 Å². The van der Waals surface area contributed by atoms with Crippen molar-refractivity contribution in [2.75, 3.05) is 5.75 Å². The van der Waals surface area contributed by atoms with Gasteiger partial charge >= 0.3 is 0 Å². The van der Waals surface area contributed by atoms with Gasteiger partial charge in [-0.15, -0.1) is 0 Å². The number of rotatable bonds is 2. The molecule has 2 rings (SSSR count). The highest BCUT2D eigenvalue weighted by Crippen LogP contribution is 2.27. The van der Waals surface area contributed by atoms with Crippen LogP contribution in [-0.2, 0) is 21.9 Å². The fourth-order valence-corrected chi connectivity index (χ4v) is 3.77. The Kier molecular flexibility index (Phi) is 3.27. The Labute approximate surface area is 101 Å². The zero-order valence-corrected chi connectivity index (χ0v) is 10.8. The van der Waals surface area contributed by atoms with E-state index in [9.17, 15) is 8.42 Å². The highest BCUT2D eigenvalue weighted by molar-refractivity contribution is 8.13. The zero-order chi connectivity index (χ0) is 11.8. The molecule has 1 aromatic rings. The maximum Gasteiger partial charge on any atom is 0.232 e. The molecular weight excluding hydrogens is 244 g/mol. The topological polar surface area (TPSA) is 34.1 Å². The van der Waals surface area contributed by atoms with Gasteiger partial charge in [0.2, 0.25) is 9.05 Å². The van der Waals surface area contributed by atoms with Crippen molar-refractivity contribution in [3.63, 3.8) is 0 Å². The summed E-state index contributed by atoms with van der Waals surface area (Å²) in [5.41, 5.74) is 3.91. The van der Waals surface area contributed by atoms with Gasteiger partial charge < -0.3 is 0 Å². The van der Waals surface area contributed by atoms with E-state index in [0.29, 0.717) is 0 Å². The van der Waals surface area contributed by atoms with Gasteiger partial charge in [-0.05, 0) is 43.2 Å². The molecule has 1 aliphatic rings. The molecule has 2 nitrogen and oxygen atoms in total. The van der Waals surface area contributed by atoms with Crippen molar-refractivity contribution in [1.29, 1.82) is 0 Å². The predicted molar refractivity (Wildman–Crippen MR) is 66.3 cm³/mol. The Morgan fingerprint density at radius 3 is 2.81 bits per heavy atom. The summed E-state index contributed by atoms with van der Waals surface area (Å²) in [6.07, 6.45) is 2.72. The van der Waals surface area contributed by atoms with Gasteiger partial charge in [0.15, 0.2) is 0 Å². The maximum absolute atomic E-state index is 11.0. The molecule has 0 radical (unpaired) electrons. The van der Waals surface area contributed by atoms with Crippen LogP contribution in [0, 0.1) is 12.8 Å². The van der Waals surface area contributed by atoms with Crippen LogP contribution in [-0.4, -0.2) is 14.2 Å². The van der Waals surface area contributed by atoms with Crippen LogP contribution in [0.1, 0.15) is 23.1 Å². The minimum atomic E-state index is -3.36. The predicted octanol–water partition coefficient (Wildman–Crippen LogP) is 2.67. The third kappa shape index (κ3) is 2.98. The highest BCUT2D eigenvalue weighted by atomic mass is 35.7. The molecule has 1 atom stereocenters. The van der Waals surface area contributed by atoms with Crippen LogP contribution in [0.15, 0.2) is 18.2 Å². The molecule has 0 N–H and O–H groups in total. The molecule has 0 aliphatic heterocycles. The number of halogens is 1. The average molecular weight is 259 g/mol. The Balaban J connectivity index is 2.15. The van der Waals surface area contributed by atoms with E-state index in [4.69, 9.17) is 10.7 Å². The molecule has 0 saturated heterocycles. The number of benzene rings is 1. The molecule has 1 aliphatic carbocycles. The lowest BCUT2D eigenvalue weighted by Gasteiger charge is -2.23. The molecule has 1 aromatic carbocycles.